The van der Waals surface area contributed by atoms with Gasteiger partial charge in [-0.15, -0.1) is 0 Å². The van der Waals surface area contributed by atoms with Crippen molar-refractivity contribution in [2.24, 2.45) is 16.7 Å². The van der Waals surface area contributed by atoms with Crippen molar-refractivity contribution in [3.8, 4) is 6.07 Å². The van der Waals surface area contributed by atoms with Crippen molar-refractivity contribution in [2.45, 2.75) is 41.5 Å². The van der Waals surface area contributed by atoms with Crippen LogP contribution in [0.1, 0.15) is 41.5 Å². The number of nitriles is 1. The third-order valence-electron chi connectivity index (χ3n) is 3.33. The summed E-state index contributed by atoms with van der Waals surface area (Å²) in [5.74, 6) is 0.539. The van der Waals surface area contributed by atoms with E-state index in [1.54, 1.807) is 0 Å². The zero-order valence-corrected chi connectivity index (χ0v) is 8.52. The molecule has 0 aliphatic rings. The van der Waals surface area contributed by atoms with Crippen molar-refractivity contribution in [3.63, 3.8) is 0 Å². The summed E-state index contributed by atoms with van der Waals surface area (Å²) in [5.41, 5.74) is -0.150. The van der Waals surface area contributed by atoms with Crippen LogP contribution < -0.4 is 0 Å². The normalized spacial score (nSPS) is 13.3. The molecular formula is C10H19N. The summed E-state index contributed by atoms with van der Waals surface area (Å²) in [6.07, 6.45) is 0. The van der Waals surface area contributed by atoms with Crippen LogP contribution in [-0.2, 0) is 0 Å². The molecule has 0 aliphatic carbocycles. The Bertz CT molecular complexity index is 170. The van der Waals surface area contributed by atoms with Gasteiger partial charge in [-0.25, -0.2) is 0 Å². The Morgan fingerprint density at radius 1 is 1.09 bits per heavy atom. The molecule has 0 radical (unpaired) electrons. The average Bonchev–Trinajstić information content (AvgIpc) is 1.87. The summed E-state index contributed by atoms with van der Waals surface area (Å²) in [4.78, 5) is 0. The van der Waals surface area contributed by atoms with Crippen LogP contribution in [0, 0.1) is 28.1 Å². The van der Waals surface area contributed by atoms with E-state index in [1.165, 1.54) is 0 Å². The molecule has 11 heavy (non-hydrogen) atoms. The van der Waals surface area contributed by atoms with Gasteiger partial charge in [0.1, 0.15) is 0 Å². The van der Waals surface area contributed by atoms with E-state index in [4.69, 9.17) is 5.26 Å². The lowest BCUT2D eigenvalue weighted by Crippen LogP contribution is -2.35. The molecule has 0 aliphatic heterocycles. The van der Waals surface area contributed by atoms with Gasteiger partial charge in [-0.05, 0) is 25.2 Å². The van der Waals surface area contributed by atoms with E-state index in [-0.39, 0.29) is 10.8 Å². The number of nitrogens with zero attached hydrogens (tertiary/aromatic N) is 1. The maximum absolute atomic E-state index is 8.93. The largest absolute Gasteiger partial charge is 0.198 e. The van der Waals surface area contributed by atoms with E-state index in [2.05, 4.69) is 33.8 Å². The Morgan fingerprint density at radius 2 is 1.45 bits per heavy atom. The summed E-state index contributed by atoms with van der Waals surface area (Å²) < 4.78 is 0. The van der Waals surface area contributed by atoms with Gasteiger partial charge in [0.05, 0.1) is 11.5 Å². The summed E-state index contributed by atoms with van der Waals surface area (Å²) >= 11 is 0. The Morgan fingerprint density at radius 3 is 1.55 bits per heavy atom. The van der Waals surface area contributed by atoms with E-state index >= 15 is 0 Å². The van der Waals surface area contributed by atoms with Crippen LogP contribution >= 0.6 is 0 Å². The number of hydrogen-bond acceptors (Lipinski definition) is 1. The zero-order valence-electron chi connectivity index (χ0n) is 8.52. The van der Waals surface area contributed by atoms with Crippen LogP contribution in [0.5, 0.6) is 0 Å². The van der Waals surface area contributed by atoms with E-state index in [1.807, 2.05) is 13.8 Å². The Balaban J connectivity index is 4.71. The SMILES string of the molecule is CC(C)C(C)(C)C(C)(C)C#N. The highest BCUT2D eigenvalue weighted by atomic mass is 14.4. The lowest BCUT2D eigenvalue weighted by Gasteiger charge is -2.39. The first kappa shape index (κ1) is 10.5. The van der Waals surface area contributed by atoms with E-state index in [0.717, 1.165) is 0 Å². The van der Waals surface area contributed by atoms with Crippen LogP contribution in [0.4, 0.5) is 0 Å². The van der Waals surface area contributed by atoms with Gasteiger partial charge < -0.3 is 0 Å². The molecule has 64 valence electrons. The topological polar surface area (TPSA) is 23.8 Å². The van der Waals surface area contributed by atoms with Crippen molar-refractivity contribution < 1.29 is 0 Å². The van der Waals surface area contributed by atoms with Gasteiger partial charge in [-0.3, -0.25) is 0 Å². The molecule has 0 spiro atoms. The fourth-order valence-electron chi connectivity index (χ4n) is 0.866. The zero-order chi connectivity index (χ0) is 9.28. The molecule has 0 aromatic heterocycles. The highest BCUT2D eigenvalue weighted by Crippen LogP contribution is 2.43. The van der Waals surface area contributed by atoms with Gasteiger partial charge in [0.2, 0.25) is 0 Å². The Kier molecular flexibility index (Phi) is 2.72. The average molecular weight is 153 g/mol. The molecule has 0 atom stereocenters. The van der Waals surface area contributed by atoms with E-state index in [0.29, 0.717) is 5.92 Å². The molecular weight excluding hydrogens is 134 g/mol. The molecule has 0 saturated carbocycles. The van der Waals surface area contributed by atoms with Crippen molar-refractivity contribution in [3.05, 3.63) is 0 Å². The standard InChI is InChI=1S/C10H19N/c1-8(2)10(5,6)9(3,4)7-11/h8H,1-6H3. The second-order valence-corrected chi connectivity index (χ2v) is 4.61. The van der Waals surface area contributed by atoms with Gasteiger partial charge in [-0.2, -0.15) is 5.26 Å². The van der Waals surface area contributed by atoms with Crippen LogP contribution in [-0.4, -0.2) is 0 Å². The van der Waals surface area contributed by atoms with Gasteiger partial charge >= 0.3 is 0 Å². The number of rotatable bonds is 2. The predicted octanol–water partition coefficient (Wildman–Crippen LogP) is 3.22. The minimum atomic E-state index is -0.235. The molecule has 0 unspecified atom stereocenters. The van der Waals surface area contributed by atoms with Crippen molar-refractivity contribution in [1.29, 1.82) is 5.26 Å². The van der Waals surface area contributed by atoms with Crippen LogP contribution in [0.2, 0.25) is 0 Å². The Hall–Kier alpha value is -0.510. The van der Waals surface area contributed by atoms with Crippen molar-refractivity contribution >= 4 is 0 Å². The van der Waals surface area contributed by atoms with Gasteiger partial charge in [0.25, 0.3) is 0 Å². The van der Waals surface area contributed by atoms with Crippen molar-refractivity contribution in [1.82, 2.24) is 0 Å². The molecule has 1 heteroatoms. The third-order valence-corrected chi connectivity index (χ3v) is 3.33. The minimum Gasteiger partial charge on any atom is -0.198 e. The molecule has 0 aromatic carbocycles. The molecule has 0 rings (SSSR count). The Labute approximate surface area is 70.4 Å². The summed E-state index contributed by atoms with van der Waals surface area (Å²) in [7, 11) is 0. The van der Waals surface area contributed by atoms with E-state index in [9.17, 15) is 0 Å². The monoisotopic (exact) mass is 153 g/mol. The first-order valence-corrected chi connectivity index (χ1v) is 4.17. The molecule has 0 heterocycles. The second-order valence-electron chi connectivity index (χ2n) is 4.61. The van der Waals surface area contributed by atoms with Crippen LogP contribution in [0.15, 0.2) is 0 Å². The van der Waals surface area contributed by atoms with E-state index < -0.39 is 0 Å². The smallest absolute Gasteiger partial charge is 0.0689 e. The summed E-state index contributed by atoms with van der Waals surface area (Å²) in [6.45, 7) is 12.7. The van der Waals surface area contributed by atoms with Crippen molar-refractivity contribution in [2.75, 3.05) is 0 Å². The molecule has 0 saturated heterocycles. The first-order valence-electron chi connectivity index (χ1n) is 4.17. The third kappa shape index (κ3) is 1.74. The molecule has 0 N–H and O–H groups in total. The summed E-state index contributed by atoms with van der Waals surface area (Å²) in [5, 5.41) is 8.93. The molecule has 0 fully saturated rings. The highest BCUT2D eigenvalue weighted by molar-refractivity contribution is 5.02. The maximum atomic E-state index is 8.93. The lowest BCUT2D eigenvalue weighted by molar-refractivity contribution is 0.107. The lowest BCUT2D eigenvalue weighted by atomic mass is 9.63. The predicted molar refractivity (Wildman–Crippen MR) is 48.0 cm³/mol. The van der Waals surface area contributed by atoms with Gasteiger partial charge in [0, 0.05) is 0 Å². The van der Waals surface area contributed by atoms with Gasteiger partial charge in [-0.1, -0.05) is 27.7 Å². The fraction of sp³-hybridized carbons (Fsp3) is 0.900. The molecule has 1 nitrogen and oxygen atoms in total. The van der Waals surface area contributed by atoms with Crippen LogP contribution in [0.3, 0.4) is 0 Å². The fourth-order valence-corrected chi connectivity index (χ4v) is 0.866. The minimum absolute atomic E-state index is 0.0851. The second kappa shape index (κ2) is 2.85. The number of hydrogen-bond donors (Lipinski definition) is 0. The molecule has 0 amide bonds. The molecule has 0 bridgehead atoms. The quantitative estimate of drug-likeness (QED) is 0.597. The van der Waals surface area contributed by atoms with Gasteiger partial charge in [0.15, 0.2) is 0 Å². The molecule has 0 aromatic rings. The highest BCUT2D eigenvalue weighted by Gasteiger charge is 2.39. The first-order chi connectivity index (χ1) is 4.75. The summed E-state index contributed by atoms with van der Waals surface area (Å²) in [6, 6.07) is 2.36. The van der Waals surface area contributed by atoms with Crippen LogP contribution in [0.25, 0.3) is 0 Å². The maximum Gasteiger partial charge on any atom is 0.0689 e.